The van der Waals surface area contributed by atoms with Crippen molar-refractivity contribution in [3.8, 4) is 10.8 Å². The summed E-state index contributed by atoms with van der Waals surface area (Å²) in [5.41, 5.74) is 0. The first-order chi connectivity index (χ1) is 10.4. The molecule has 1 aliphatic heterocycles. The van der Waals surface area contributed by atoms with Gasteiger partial charge in [0.05, 0.1) is 11.4 Å². The molecule has 21 heavy (non-hydrogen) atoms. The molecule has 2 aromatic heterocycles. The predicted octanol–water partition coefficient (Wildman–Crippen LogP) is 2.76. The third-order valence-corrected chi connectivity index (χ3v) is 4.69. The van der Waals surface area contributed by atoms with Gasteiger partial charge in [0.1, 0.15) is 0 Å². The molecular weight excluding hydrogens is 284 g/mol. The molecule has 2 aromatic rings. The lowest BCUT2D eigenvalue weighted by Gasteiger charge is -2.33. The average molecular weight is 306 g/mol. The molecule has 0 bridgehead atoms. The molecule has 1 unspecified atom stereocenters. The van der Waals surface area contributed by atoms with Crippen molar-refractivity contribution in [2.24, 2.45) is 0 Å². The smallest absolute Gasteiger partial charge is 0.257 e. The van der Waals surface area contributed by atoms with E-state index in [0.29, 0.717) is 11.9 Å². The predicted molar refractivity (Wildman–Crippen MR) is 84.2 cm³/mol. The van der Waals surface area contributed by atoms with Crippen LogP contribution in [0.5, 0.6) is 0 Å². The fraction of sp³-hybridized carbons (Fsp3) is 0.600. The molecule has 0 spiro atoms. The molecule has 1 atom stereocenters. The summed E-state index contributed by atoms with van der Waals surface area (Å²) in [6.45, 7) is 6.24. The van der Waals surface area contributed by atoms with Crippen LogP contribution in [0.2, 0.25) is 0 Å². The Morgan fingerprint density at radius 1 is 1.48 bits per heavy atom. The number of hydrogen-bond acceptors (Lipinski definition) is 6. The van der Waals surface area contributed by atoms with Crippen molar-refractivity contribution in [3.63, 3.8) is 0 Å². The largest absolute Gasteiger partial charge is 0.419 e. The van der Waals surface area contributed by atoms with Gasteiger partial charge in [-0.3, -0.25) is 4.90 Å². The maximum Gasteiger partial charge on any atom is 0.257 e. The summed E-state index contributed by atoms with van der Waals surface area (Å²) in [7, 11) is 0. The van der Waals surface area contributed by atoms with Crippen molar-refractivity contribution in [1.29, 1.82) is 0 Å². The molecule has 0 aromatic carbocycles. The summed E-state index contributed by atoms with van der Waals surface area (Å²) in [4.78, 5) is 3.51. The Labute approximate surface area is 129 Å². The van der Waals surface area contributed by atoms with Gasteiger partial charge in [0.15, 0.2) is 0 Å². The first-order valence-electron chi connectivity index (χ1n) is 7.68. The SMILES string of the molecule is CCCN(Cc1nnc(-c2cccs2)o1)C1CCCNC1. The van der Waals surface area contributed by atoms with E-state index in [-0.39, 0.29) is 0 Å². The number of rotatable bonds is 6. The highest BCUT2D eigenvalue weighted by atomic mass is 32.1. The second kappa shape index (κ2) is 7.15. The van der Waals surface area contributed by atoms with Crippen molar-refractivity contribution in [2.45, 2.75) is 38.8 Å². The van der Waals surface area contributed by atoms with Crippen LogP contribution in [0.4, 0.5) is 0 Å². The van der Waals surface area contributed by atoms with Gasteiger partial charge in [0.2, 0.25) is 5.89 Å². The summed E-state index contributed by atoms with van der Waals surface area (Å²) in [6, 6.07) is 4.59. The van der Waals surface area contributed by atoms with E-state index in [9.17, 15) is 0 Å². The molecule has 1 fully saturated rings. The van der Waals surface area contributed by atoms with Gasteiger partial charge >= 0.3 is 0 Å². The summed E-state index contributed by atoms with van der Waals surface area (Å²) in [5.74, 6) is 1.36. The van der Waals surface area contributed by atoms with E-state index in [1.807, 2.05) is 17.5 Å². The van der Waals surface area contributed by atoms with E-state index in [4.69, 9.17) is 4.42 Å². The number of nitrogens with zero attached hydrogens (tertiary/aromatic N) is 3. The molecular formula is C15H22N4OS. The first kappa shape index (κ1) is 14.7. The highest BCUT2D eigenvalue weighted by Crippen LogP contribution is 2.24. The van der Waals surface area contributed by atoms with Crippen molar-refractivity contribution < 1.29 is 4.42 Å². The van der Waals surface area contributed by atoms with Crippen LogP contribution in [-0.4, -0.2) is 40.8 Å². The maximum atomic E-state index is 5.82. The van der Waals surface area contributed by atoms with Crippen LogP contribution >= 0.6 is 11.3 Å². The zero-order chi connectivity index (χ0) is 14.5. The third kappa shape index (κ3) is 3.70. The fourth-order valence-electron chi connectivity index (χ4n) is 2.81. The van der Waals surface area contributed by atoms with Gasteiger partial charge in [-0.2, -0.15) is 0 Å². The number of thiophene rings is 1. The Bertz CT molecular complexity index is 534. The molecule has 1 saturated heterocycles. The Morgan fingerprint density at radius 3 is 3.14 bits per heavy atom. The zero-order valence-electron chi connectivity index (χ0n) is 12.4. The molecule has 0 saturated carbocycles. The van der Waals surface area contributed by atoms with Gasteiger partial charge in [-0.15, -0.1) is 21.5 Å². The molecule has 5 nitrogen and oxygen atoms in total. The lowest BCUT2D eigenvalue weighted by molar-refractivity contribution is 0.145. The second-order valence-electron chi connectivity index (χ2n) is 5.45. The normalized spacial score (nSPS) is 19.2. The van der Waals surface area contributed by atoms with Crippen molar-refractivity contribution in [2.75, 3.05) is 19.6 Å². The van der Waals surface area contributed by atoms with Gasteiger partial charge in [0.25, 0.3) is 5.89 Å². The van der Waals surface area contributed by atoms with Gasteiger partial charge in [-0.25, -0.2) is 0 Å². The molecule has 0 radical (unpaired) electrons. The minimum absolute atomic E-state index is 0.579. The highest BCUT2D eigenvalue weighted by Gasteiger charge is 2.22. The number of hydrogen-bond donors (Lipinski definition) is 1. The molecule has 3 rings (SSSR count). The zero-order valence-corrected chi connectivity index (χ0v) is 13.2. The summed E-state index contributed by atoms with van der Waals surface area (Å²) < 4.78 is 5.82. The lowest BCUT2D eigenvalue weighted by atomic mass is 10.1. The van der Waals surface area contributed by atoms with Crippen molar-refractivity contribution in [1.82, 2.24) is 20.4 Å². The Kier molecular flexibility index (Phi) is 5.00. The summed E-state index contributed by atoms with van der Waals surface area (Å²) in [6.07, 6.45) is 3.64. The summed E-state index contributed by atoms with van der Waals surface area (Å²) in [5, 5.41) is 13.9. The quantitative estimate of drug-likeness (QED) is 0.889. The van der Waals surface area contributed by atoms with Gasteiger partial charge in [-0.1, -0.05) is 13.0 Å². The van der Waals surface area contributed by atoms with Crippen LogP contribution in [0.15, 0.2) is 21.9 Å². The van der Waals surface area contributed by atoms with Crippen LogP contribution in [0.3, 0.4) is 0 Å². The topological polar surface area (TPSA) is 54.2 Å². The molecule has 0 aliphatic carbocycles. The monoisotopic (exact) mass is 306 g/mol. The van der Waals surface area contributed by atoms with Crippen LogP contribution in [0.1, 0.15) is 32.1 Å². The highest BCUT2D eigenvalue weighted by molar-refractivity contribution is 7.13. The number of piperidine rings is 1. The molecule has 0 amide bonds. The third-order valence-electron chi connectivity index (χ3n) is 3.84. The van der Waals surface area contributed by atoms with Crippen molar-refractivity contribution in [3.05, 3.63) is 23.4 Å². The Morgan fingerprint density at radius 2 is 2.43 bits per heavy atom. The van der Waals surface area contributed by atoms with E-state index in [0.717, 1.165) is 43.4 Å². The average Bonchev–Trinajstić information content (AvgIpc) is 3.19. The van der Waals surface area contributed by atoms with Crippen LogP contribution in [0, 0.1) is 0 Å². The van der Waals surface area contributed by atoms with Crippen LogP contribution < -0.4 is 5.32 Å². The first-order valence-corrected chi connectivity index (χ1v) is 8.56. The number of aromatic nitrogens is 2. The second-order valence-corrected chi connectivity index (χ2v) is 6.40. The molecule has 1 N–H and O–H groups in total. The number of nitrogens with one attached hydrogen (secondary N) is 1. The van der Waals surface area contributed by atoms with Gasteiger partial charge in [-0.05, 0) is 43.8 Å². The minimum Gasteiger partial charge on any atom is -0.419 e. The lowest BCUT2D eigenvalue weighted by Crippen LogP contribution is -2.45. The summed E-state index contributed by atoms with van der Waals surface area (Å²) >= 11 is 1.63. The van der Waals surface area contributed by atoms with E-state index in [2.05, 4.69) is 27.3 Å². The molecule has 1 aliphatic rings. The van der Waals surface area contributed by atoms with Crippen LogP contribution in [0.25, 0.3) is 10.8 Å². The minimum atomic E-state index is 0.579. The van der Waals surface area contributed by atoms with Gasteiger partial charge < -0.3 is 9.73 Å². The fourth-order valence-corrected chi connectivity index (χ4v) is 3.46. The van der Waals surface area contributed by atoms with E-state index >= 15 is 0 Å². The maximum absolute atomic E-state index is 5.82. The van der Waals surface area contributed by atoms with Crippen LogP contribution in [-0.2, 0) is 6.54 Å². The van der Waals surface area contributed by atoms with Crippen molar-refractivity contribution >= 4 is 11.3 Å². The Balaban J connectivity index is 1.67. The van der Waals surface area contributed by atoms with E-state index < -0.39 is 0 Å². The standard InChI is InChI=1S/C15H22N4OS/c1-2-8-19(12-5-3-7-16-10-12)11-14-17-18-15(20-14)13-6-4-9-21-13/h4,6,9,12,16H,2-3,5,7-8,10-11H2,1H3. The Hall–Kier alpha value is -1.24. The van der Waals surface area contributed by atoms with E-state index in [1.165, 1.54) is 12.8 Å². The van der Waals surface area contributed by atoms with E-state index in [1.54, 1.807) is 11.3 Å². The van der Waals surface area contributed by atoms with Gasteiger partial charge in [0, 0.05) is 12.6 Å². The molecule has 6 heteroatoms. The molecule has 114 valence electrons. The molecule has 3 heterocycles.